The van der Waals surface area contributed by atoms with Gasteiger partial charge in [0.1, 0.15) is 18.0 Å². The zero-order valence-electron chi connectivity index (χ0n) is 23.0. The average molecular weight is 767 g/mol. The quantitative estimate of drug-likeness (QED) is 0.0861. The van der Waals surface area contributed by atoms with Crippen molar-refractivity contribution in [3.8, 4) is 11.5 Å². The number of ether oxygens (including phenoxy) is 2. The van der Waals surface area contributed by atoms with Crippen LogP contribution in [0.2, 0.25) is 10.0 Å². The van der Waals surface area contributed by atoms with Gasteiger partial charge in [-0.05, 0) is 73.5 Å². The van der Waals surface area contributed by atoms with Crippen LogP contribution in [0.4, 0.5) is 0 Å². The molecule has 1 saturated heterocycles. The van der Waals surface area contributed by atoms with Gasteiger partial charge >= 0.3 is 5.97 Å². The maximum Gasteiger partial charge on any atom is 0.343 e. The number of esters is 1. The Hall–Kier alpha value is -3.25. The van der Waals surface area contributed by atoms with Crippen LogP contribution in [0.1, 0.15) is 43.9 Å². The number of amides is 3. The van der Waals surface area contributed by atoms with Crippen molar-refractivity contribution >= 4 is 84.5 Å². The van der Waals surface area contributed by atoms with Crippen molar-refractivity contribution in [3.05, 3.63) is 93.5 Å². The maximum absolute atomic E-state index is 13.8. The molecule has 0 spiro atoms. The van der Waals surface area contributed by atoms with Gasteiger partial charge in [0.05, 0.1) is 34.6 Å². The molecular weight excluding hydrogens is 743 g/mol. The Kier molecular flexibility index (Phi) is 9.79. The van der Waals surface area contributed by atoms with E-state index in [2.05, 4.69) is 31.9 Å². The number of imide groups is 1. The lowest BCUT2D eigenvalue weighted by molar-refractivity contribution is -0.154. The zero-order valence-corrected chi connectivity index (χ0v) is 27.7. The molecule has 0 bridgehead atoms. The Morgan fingerprint density at radius 3 is 2.02 bits per heavy atom. The predicted octanol–water partition coefficient (Wildman–Crippen LogP) is 6.38. The minimum Gasteiger partial charge on any atom is -0.497 e. The van der Waals surface area contributed by atoms with Crippen LogP contribution in [0.25, 0.3) is 0 Å². The van der Waals surface area contributed by atoms with E-state index in [-0.39, 0.29) is 42.1 Å². The van der Waals surface area contributed by atoms with E-state index < -0.39 is 47.9 Å². The molecule has 4 atom stereocenters. The number of rotatable bonds is 8. The van der Waals surface area contributed by atoms with Crippen LogP contribution in [0.15, 0.2) is 66.7 Å². The van der Waals surface area contributed by atoms with Crippen molar-refractivity contribution in [2.75, 3.05) is 13.7 Å². The highest BCUT2D eigenvalue weighted by molar-refractivity contribution is 9.12. The van der Waals surface area contributed by atoms with E-state index in [4.69, 9.17) is 32.7 Å². The third-order valence-corrected chi connectivity index (χ3v) is 11.0. The first-order valence-electron chi connectivity index (χ1n) is 13.4. The van der Waals surface area contributed by atoms with E-state index in [0.717, 1.165) is 10.0 Å². The summed E-state index contributed by atoms with van der Waals surface area (Å²) in [6, 6.07) is 16.3. The summed E-state index contributed by atoms with van der Waals surface area (Å²) in [6.07, 6.45) is 0.778. The molecule has 3 aromatic carbocycles. The first-order chi connectivity index (χ1) is 21.0. The van der Waals surface area contributed by atoms with Crippen LogP contribution in [0, 0.1) is 11.8 Å². The Morgan fingerprint density at radius 2 is 1.43 bits per heavy atom. The summed E-state index contributed by atoms with van der Waals surface area (Å²) in [5, 5.41) is 1.98. The molecule has 2 fully saturated rings. The number of carbonyl (C=O) groups is 5. The van der Waals surface area contributed by atoms with Crippen molar-refractivity contribution in [2.45, 2.75) is 22.5 Å². The summed E-state index contributed by atoms with van der Waals surface area (Å²) in [4.78, 5) is 66.9. The topological polar surface area (TPSA) is 110 Å². The fourth-order valence-corrected chi connectivity index (χ4v) is 6.71. The molecule has 1 heterocycles. The number of carbonyl (C=O) groups excluding carboxylic acids is 5. The molecule has 9 nitrogen and oxygen atoms in total. The van der Waals surface area contributed by atoms with Gasteiger partial charge in [0.15, 0.2) is 5.78 Å². The number of fused-ring (bicyclic) bond motifs is 1. The minimum atomic E-state index is -0.771. The van der Waals surface area contributed by atoms with Crippen molar-refractivity contribution in [1.82, 2.24) is 10.0 Å². The number of ketones is 1. The highest BCUT2D eigenvalue weighted by Gasteiger charge is 2.54. The standard InChI is InChI=1S/C31H24Br2Cl2N2O7/c1-43-20-4-2-3-18(11-20)31(42)44-19-8-5-16(6-9-19)27(38)15-36(28(39)17-7-10-25(34)26(35)12-17)37-29(40)21-13-23(32)24(33)14-22(21)30(37)41/h2-12,21-24H,13-15H2,1H3/t21-,22+,23-,24-/m0/s1. The van der Waals surface area contributed by atoms with Gasteiger partial charge in [0.25, 0.3) is 17.7 Å². The van der Waals surface area contributed by atoms with Gasteiger partial charge in [-0.2, -0.15) is 5.01 Å². The van der Waals surface area contributed by atoms with Gasteiger partial charge < -0.3 is 9.47 Å². The molecule has 3 aromatic rings. The van der Waals surface area contributed by atoms with Crippen molar-refractivity contribution in [3.63, 3.8) is 0 Å². The number of nitrogens with zero attached hydrogens (tertiary/aromatic N) is 2. The molecule has 2 aliphatic rings. The Labute approximate surface area is 279 Å². The molecule has 0 aromatic heterocycles. The Balaban J connectivity index is 1.39. The normalized spacial score (nSPS) is 21.1. The molecule has 1 aliphatic heterocycles. The molecule has 1 saturated carbocycles. The predicted molar refractivity (Wildman–Crippen MR) is 170 cm³/mol. The molecule has 3 amide bonds. The number of alkyl halides is 2. The molecule has 44 heavy (non-hydrogen) atoms. The lowest BCUT2D eigenvalue weighted by atomic mass is 9.81. The number of hydrogen-bond donors (Lipinski definition) is 0. The van der Waals surface area contributed by atoms with Gasteiger partial charge in [-0.15, -0.1) is 0 Å². The molecule has 5 rings (SSSR count). The van der Waals surface area contributed by atoms with Crippen molar-refractivity contribution in [2.24, 2.45) is 11.8 Å². The van der Waals surface area contributed by atoms with Gasteiger partial charge in [0.2, 0.25) is 0 Å². The fourth-order valence-electron chi connectivity index (χ4n) is 5.18. The summed E-state index contributed by atoms with van der Waals surface area (Å²) in [6.45, 7) is -0.617. The van der Waals surface area contributed by atoms with Crippen molar-refractivity contribution < 1.29 is 33.4 Å². The molecule has 228 valence electrons. The summed E-state index contributed by atoms with van der Waals surface area (Å²) in [5.74, 6) is -3.66. The van der Waals surface area contributed by atoms with Gasteiger partial charge in [-0.3, -0.25) is 19.2 Å². The van der Waals surface area contributed by atoms with Crippen LogP contribution >= 0.6 is 55.1 Å². The number of methoxy groups -OCH3 is 1. The minimum absolute atomic E-state index is 0.0409. The molecular formula is C31H24Br2Cl2N2O7. The number of hydrogen-bond acceptors (Lipinski definition) is 7. The summed E-state index contributed by atoms with van der Waals surface area (Å²) in [5.41, 5.74) is 0.480. The molecule has 0 radical (unpaired) electrons. The molecule has 13 heteroatoms. The van der Waals surface area contributed by atoms with Gasteiger partial charge in [0, 0.05) is 20.8 Å². The van der Waals surface area contributed by atoms with E-state index in [0.29, 0.717) is 18.6 Å². The second-order valence-corrected chi connectivity index (χ2v) is 13.4. The largest absolute Gasteiger partial charge is 0.497 e. The van der Waals surface area contributed by atoms with E-state index in [1.165, 1.54) is 55.6 Å². The lowest BCUT2D eigenvalue weighted by Gasteiger charge is -2.30. The zero-order chi connectivity index (χ0) is 31.7. The fraction of sp³-hybridized carbons (Fsp3) is 0.258. The van der Waals surface area contributed by atoms with E-state index >= 15 is 0 Å². The molecule has 0 unspecified atom stereocenters. The second-order valence-electron chi connectivity index (χ2n) is 10.3. The molecule has 0 N–H and O–H groups in total. The lowest BCUT2D eigenvalue weighted by Crippen LogP contribution is -2.52. The second kappa shape index (κ2) is 13.4. The third kappa shape index (κ3) is 6.56. The first-order valence-corrected chi connectivity index (χ1v) is 16.0. The first kappa shape index (κ1) is 32.2. The van der Waals surface area contributed by atoms with Crippen molar-refractivity contribution in [1.29, 1.82) is 0 Å². The third-order valence-electron chi connectivity index (χ3n) is 7.52. The summed E-state index contributed by atoms with van der Waals surface area (Å²) >= 11 is 19.3. The number of benzene rings is 3. The number of Topliss-reactive ketones (excluding diaryl/α,β-unsaturated/α-hetero) is 1. The highest BCUT2D eigenvalue weighted by Crippen LogP contribution is 2.44. The van der Waals surface area contributed by atoms with Crippen LogP contribution in [0.5, 0.6) is 11.5 Å². The van der Waals surface area contributed by atoms with Crippen LogP contribution in [-0.2, 0) is 9.59 Å². The summed E-state index contributed by atoms with van der Waals surface area (Å²) < 4.78 is 10.6. The monoisotopic (exact) mass is 764 g/mol. The number of halogens is 4. The molecule has 1 aliphatic carbocycles. The van der Waals surface area contributed by atoms with Crippen LogP contribution in [-0.4, -0.2) is 62.8 Å². The smallest absolute Gasteiger partial charge is 0.343 e. The Bertz CT molecular complexity index is 1620. The van der Waals surface area contributed by atoms with E-state index in [1.807, 2.05) is 0 Å². The van der Waals surface area contributed by atoms with Gasteiger partial charge in [-0.25, -0.2) is 9.80 Å². The van der Waals surface area contributed by atoms with Gasteiger partial charge in [-0.1, -0.05) is 61.1 Å². The Morgan fingerprint density at radius 1 is 0.818 bits per heavy atom. The van der Waals surface area contributed by atoms with Crippen LogP contribution in [0.3, 0.4) is 0 Å². The van der Waals surface area contributed by atoms with E-state index in [1.54, 1.807) is 18.2 Å². The SMILES string of the molecule is COc1cccc(C(=O)Oc2ccc(C(=O)CN(C(=O)c3ccc(Cl)c(Cl)c3)N3C(=O)[C@H]4C[C@H](Br)[C@@H](Br)C[C@H]4C3=O)cc2)c1. The summed E-state index contributed by atoms with van der Waals surface area (Å²) in [7, 11) is 1.49. The van der Waals surface area contributed by atoms with E-state index in [9.17, 15) is 24.0 Å². The van der Waals surface area contributed by atoms with Crippen LogP contribution < -0.4 is 9.47 Å². The highest BCUT2D eigenvalue weighted by atomic mass is 79.9. The number of hydrazine groups is 1. The maximum atomic E-state index is 13.8. The average Bonchev–Trinajstić information content (AvgIpc) is 3.25.